The summed E-state index contributed by atoms with van der Waals surface area (Å²) >= 11 is 5.77. The van der Waals surface area contributed by atoms with Gasteiger partial charge in [-0.3, -0.25) is 19.4 Å². The van der Waals surface area contributed by atoms with Crippen LogP contribution < -0.4 is 10.7 Å². The van der Waals surface area contributed by atoms with Gasteiger partial charge in [0.1, 0.15) is 0 Å². The Labute approximate surface area is 168 Å². The summed E-state index contributed by atoms with van der Waals surface area (Å²) in [4.78, 5) is 62.1. The number of ether oxygens (including phenoxy) is 2. The molecule has 0 saturated carbocycles. The van der Waals surface area contributed by atoms with Crippen molar-refractivity contribution in [1.29, 1.82) is 0 Å². The molecule has 29 heavy (non-hydrogen) atoms. The number of esters is 2. The number of fused-ring (bicyclic) bond motifs is 1. The van der Waals surface area contributed by atoms with Gasteiger partial charge in [0.2, 0.25) is 12.2 Å². The van der Waals surface area contributed by atoms with Crippen LogP contribution in [0.25, 0.3) is 11.1 Å². The monoisotopic (exact) mass is 428 g/mol. The predicted molar refractivity (Wildman–Crippen MR) is 98.7 cm³/mol. The van der Waals surface area contributed by atoms with Gasteiger partial charge in [-0.15, -0.1) is 11.6 Å². The van der Waals surface area contributed by atoms with Crippen LogP contribution in [0.1, 0.15) is 13.8 Å². The molecule has 12 heteroatoms. The van der Waals surface area contributed by atoms with Gasteiger partial charge in [-0.2, -0.15) is 0 Å². The molecule has 0 fully saturated rings. The number of oxazole rings is 1. The number of aromatic nitrogens is 1. The summed E-state index contributed by atoms with van der Waals surface area (Å²) in [5, 5.41) is 9.36. The lowest BCUT2D eigenvalue weighted by atomic mass is 10.1. The van der Waals surface area contributed by atoms with Gasteiger partial charge in [-0.1, -0.05) is 0 Å². The summed E-state index contributed by atoms with van der Waals surface area (Å²) in [6.45, 7) is 1.81. The third-order valence-corrected chi connectivity index (χ3v) is 3.81. The lowest BCUT2D eigenvalue weighted by Crippen LogP contribution is -2.52. The first-order valence-electron chi connectivity index (χ1n) is 8.21. The molecule has 0 unspecified atom stereocenters. The highest BCUT2D eigenvalue weighted by Gasteiger charge is 2.42. The van der Waals surface area contributed by atoms with Crippen LogP contribution in [-0.2, 0) is 28.7 Å². The summed E-state index contributed by atoms with van der Waals surface area (Å²) in [6, 6.07) is 4.26. The number of nitrogens with one attached hydrogen (secondary N) is 1. The van der Waals surface area contributed by atoms with Crippen LogP contribution in [0.3, 0.4) is 0 Å². The van der Waals surface area contributed by atoms with Gasteiger partial charge >= 0.3 is 23.7 Å². The van der Waals surface area contributed by atoms with E-state index in [-0.39, 0.29) is 23.7 Å². The number of carbonyl (C=O) groups excluding carboxylic acids is 3. The molecule has 1 heterocycles. The number of hydrogen-bond donors (Lipinski definition) is 2. The summed E-state index contributed by atoms with van der Waals surface area (Å²) < 4.78 is 14.5. The molecule has 0 aliphatic rings. The zero-order valence-corrected chi connectivity index (χ0v) is 16.1. The third kappa shape index (κ3) is 5.35. The van der Waals surface area contributed by atoms with Crippen LogP contribution >= 0.6 is 11.6 Å². The molecule has 2 rings (SSSR count). The van der Waals surface area contributed by atoms with E-state index >= 15 is 0 Å². The van der Waals surface area contributed by atoms with E-state index in [0.717, 1.165) is 18.7 Å². The Bertz CT molecular complexity index is 996. The van der Waals surface area contributed by atoms with Gasteiger partial charge in [0.05, 0.1) is 5.52 Å². The van der Waals surface area contributed by atoms with Gasteiger partial charge in [-0.05, 0) is 12.1 Å². The minimum absolute atomic E-state index is 0.0566. The molecular weight excluding hydrogens is 412 g/mol. The fraction of sp³-hybridized carbons (Fsp3) is 0.353. The zero-order chi connectivity index (χ0) is 21.7. The van der Waals surface area contributed by atoms with Crippen molar-refractivity contribution in [2.24, 2.45) is 0 Å². The second kappa shape index (κ2) is 9.24. The van der Waals surface area contributed by atoms with Crippen molar-refractivity contribution in [3.63, 3.8) is 0 Å². The van der Waals surface area contributed by atoms with E-state index in [0.29, 0.717) is 5.52 Å². The van der Waals surface area contributed by atoms with E-state index in [1.165, 1.54) is 18.2 Å². The van der Waals surface area contributed by atoms with Gasteiger partial charge in [0, 0.05) is 38.0 Å². The first-order valence-corrected chi connectivity index (χ1v) is 8.75. The SMILES string of the molecule is CC(=O)O[C@@H](C(=O)O)[C@@H](OC(C)=O)C(=O)N(CCCl)c1ccc2[nH]c(=O)oc2c1. The Hall–Kier alpha value is -3.34. The molecule has 11 nitrogen and oxygen atoms in total. The molecule has 0 spiro atoms. The minimum Gasteiger partial charge on any atom is -0.478 e. The highest BCUT2D eigenvalue weighted by molar-refractivity contribution is 6.18. The number of H-pyrrole nitrogens is 1. The van der Waals surface area contributed by atoms with Crippen LogP contribution in [-0.4, -0.2) is 58.5 Å². The lowest BCUT2D eigenvalue weighted by molar-refractivity contribution is -0.180. The Morgan fingerprint density at radius 2 is 1.79 bits per heavy atom. The Balaban J connectivity index is 2.48. The van der Waals surface area contributed by atoms with E-state index < -0.39 is 41.8 Å². The van der Waals surface area contributed by atoms with E-state index in [2.05, 4.69) is 9.72 Å². The molecule has 2 aromatic rings. The molecule has 1 aromatic carbocycles. The van der Waals surface area contributed by atoms with Crippen molar-refractivity contribution < 1.29 is 38.2 Å². The Morgan fingerprint density at radius 1 is 1.17 bits per heavy atom. The highest BCUT2D eigenvalue weighted by atomic mass is 35.5. The first-order chi connectivity index (χ1) is 13.6. The Morgan fingerprint density at radius 3 is 2.34 bits per heavy atom. The van der Waals surface area contributed by atoms with Gasteiger partial charge < -0.3 is 23.9 Å². The van der Waals surface area contributed by atoms with E-state index in [1.807, 2.05) is 0 Å². The number of nitrogens with zero attached hydrogens (tertiary/aromatic N) is 1. The summed E-state index contributed by atoms with van der Waals surface area (Å²) in [7, 11) is 0. The molecule has 0 bridgehead atoms. The number of carboxylic acid groups (broad SMARTS) is 1. The van der Waals surface area contributed by atoms with Crippen molar-refractivity contribution in [1.82, 2.24) is 4.98 Å². The van der Waals surface area contributed by atoms with Gasteiger partial charge in [0.25, 0.3) is 5.91 Å². The summed E-state index contributed by atoms with van der Waals surface area (Å²) in [5.74, 6) is -5.38. The molecule has 0 aliphatic heterocycles. The average Bonchev–Trinajstić information content (AvgIpc) is 3.00. The van der Waals surface area contributed by atoms with E-state index in [9.17, 15) is 29.1 Å². The third-order valence-electron chi connectivity index (χ3n) is 3.64. The maximum absolute atomic E-state index is 13.1. The number of aromatic amines is 1. The number of benzene rings is 1. The first kappa shape index (κ1) is 22.0. The highest BCUT2D eigenvalue weighted by Crippen LogP contribution is 2.23. The topological polar surface area (TPSA) is 156 Å². The number of carboxylic acids is 1. The molecule has 2 atom stereocenters. The molecule has 1 amide bonds. The number of alkyl halides is 1. The van der Waals surface area contributed by atoms with Crippen LogP contribution in [0.15, 0.2) is 27.4 Å². The second-order valence-electron chi connectivity index (χ2n) is 5.77. The van der Waals surface area contributed by atoms with Crippen LogP contribution in [0.2, 0.25) is 0 Å². The predicted octanol–water partition coefficient (Wildman–Crippen LogP) is 0.641. The van der Waals surface area contributed by atoms with Crippen molar-refractivity contribution in [3.05, 3.63) is 28.7 Å². The molecular formula is C17H17ClN2O9. The van der Waals surface area contributed by atoms with Crippen molar-refractivity contribution >= 4 is 52.2 Å². The summed E-state index contributed by atoms with van der Waals surface area (Å²) in [5.41, 5.74) is 0.700. The molecule has 156 valence electrons. The van der Waals surface area contributed by atoms with Crippen molar-refractivity contribution in [3.8, 4) is 0 Å². The molecule has 2 N–H and O–H groups in total. The number of aliphatic carboxylic acids is 1. The van der Waals surface area contributed by atoms with Gasteiger partial charge in [-0.25, -0.2) is 9.59 Å². The zero-order valence-electron chi connectivity index (χ0n) is 15.3. The van der Waals surface area contributed by atoms with Crippen molar-refractivity contribution in [2.75, 3.05) is 17.3 Å². The second-order valence-corrected chi connectivity index (χ2v) is 6.15. The average molecular weight is 429 g/mol. The smallest absolute Gasteiger partial charge is 0.417 e. The van der Waals surface area contributed by atoms with Crippen molar-refractivity contribution in [2.45, 2.75) is 26.1 Å². The van der Waals surface area contributed by atoms with Crippen LogP contribution in [0.5, 0.6) is 0 Å². The number of carbonyl (C=O) groups is 4. The van der Waals surface area contributed by atoms with Crippen LogP contribution in [0, 0.1) is 0 Å². The molecule has 1 aromatic heterocycles. The lowest BCUT2D eigenvalue weighted by Gasteiger charge is -2.29. The molecule has 0 saturated heterocycles. The standard InChI is InChI=1S/C17H17ClN2O9/c1-8(21)27-13(14(16(24)25)28-9(2)22)15(23)20(6-5-18)10-3-4-11-12(7-10)29-17(26)19-11/h3-4,7,13-14H,5-6H2,1-2H3,(H,19,26)(H,24,25)/t13-,14-/m1/s1. The van der Waals surface area contributed by atoms with E-state index in [4.69, 9.17) is 20.8 Å². The number of amides is 1. The fourth-order valence-corrected chi connectivity index (χ4v) is 2.72. The Kier molecular flexibility index (Phi) is 6.99. The number of halogens is 1. The van der Waals surface area contributed by atoms with Gasteiger partial charge in [0.15, 0.2) is 5.58 Å². The maximum atomic E-state index is 13.1. The quantitative estimate of drug-likeness (QED) is 0.454. The number of hydrogen-bond acceptors (Lipinski definition) is 8. The maximum Gasteiger partial charge on any atom is 0.417 e. The summed E-state index contributed by atoms with van der Waals surface area (Å²) in [6.07, 6.45) is -4.04. The molecule has 0 aliphatic carbocycles. The van der Waals surface area contributed by atoms with Crippen LogP contribution in [0.4, 0.5) is 5.69 Å². The normalized spacial score (nSPS) is 12.8. The largest absolute Gasteiger partial charge is 0.478 e. The molecule has 0 radical (unpaired) electrons. The minimum atomic E-state index is -2.07. The number of rotatable bonds is 8. The fourth-order valence-electron chi connectivity index (χ4n) is 2.55. The van der Waals surface area contributed by atoms with E-state index in [1.54, 1.807) is 0 Å². The number of anilines is 1.